The van der Waals surface area contributed by atoms with Crippen molar-refractivity contribution in [3.63, 3.8) is 0 Å². The molecular weight excluding hydrogens is 572 g/mol. The minimum Gasteiger partial charge on any atom is -0.465 e. The standard InChI is InChI=1S/C38H42N6O2/c1-5-7-11-24(3)36-39-22-31(41-36)28-14-16-30-34-20-29-19-27(32-23-40-38(42-32)43(18-6-2)25(4)45)15-17-33(29)44(34)37(46-35(30)21-28)26-12-9-8-10-13-26/h8-10,12-17,19-24,36-37,39,41H,5-7,11,18H2,1-4H3,(H,40,42). The van der Waals surface area contributed by atoms with Gasteiger partial charge in [0.05, 0.1) is 35.0 Å². The lowest BCUT2D eigenvalue weighted by Crippen LogP contribution is -2.38. The molecule has 3 unspecified atom stereocenters. The van der Waals surface area contributed by atoms with Crippen LogP contribution in [-0.4, -0.2) is 33.2 Å². The Morgan fingerprint density at radius 3 is 2.63 bits per heavy atom. The van der Waals surface area contributed by atoms with Gasteiger partial charge in [-0.3, -0.25) is 9.69 Å². The van der Waals surface area contributed by atoms with Gasteiger partial charge in [-0.1, -0.05) is 76.1 Å². The van der Waals surface area contributed by atoms with Crippen molar-refractivity contribution in [1.82, 2.24) is 25.2 Å². The number of fused-ring (bicyclic) bond motifs is 5. The second-order valence-corrected chi connectivity index (χ2v) is 12.5. The van der Waals surface area contributed by atoms with Gasteiger partial charge in [-0.25, -0.2) is 4.98 Å². The summed E-state index contributed by atoms with van der Waals surface area (Å²) in [6.07, 6.45) is 8.32. The van der Waals surface area contributed by atoms with Crippen molar-refractivity contribution in [3.05, 3.63) is 96.3 Å². The summed E-state index contributed by atoms with van der Waals surface area (Å²) in [5.41, 5.74) is 8.43. The molecule has 0 spiro atoms. The zero-order valence-electron chi connectivity index (χ0n) is 27.0. The van der Waals surface area contributed by atoms with Crippen LogP contribution in [0.1, 0.15) is 70.7 Å². The van der Waals surface area contributed by atoms with Gasteiger partial charge in [0.2, 0.25) is 18.1 Å². The molecule has 7 rings (SSSR count). The highest BCUT2D eigenvalue weighted by Crippen LogP contribution is 2.45. The molecule has 0 saturated heterocycles. The van der Waals surface area contributed by atoms with Crippen LogP contribution in [0, 0.1) is 5.92 Å². The zero-order chi connectivity index (χ0) is 31.8. The fraction of sp³-hybridized carbons (Fsp3) is 0.316. The van der Waals surface area contributed by atoms with Crippen LogP contribution in [-0.2, 0) is 4.79 Å². The van der Waals surface area contributed by atoms with E-state index >= 15 is 0 Å². The molecule has 1 amide bonds. The van der Waals surface area contributed by atoms with Gasteiger partial charge >= 0.3 is 0 Å². The van der Waals surface area contributed by atoms with Crippen molar-refractivity contribution in [2.75, 3.05) is 11.4 Å². The van der Waals surface area contributed by atoms with Gasteiger partial charge in [0, 0.05) is 47.3 Å². The van der Waals surface area contributed by atoms with Crippen LogP contribution in [0.2, 0.25) is 0 Å². The summed E-state index contributed by atoms with van der Waals surface area (Å²) in [6, 6.07) is 25.6. The smallest absolute Gasteiger partial charge is 0.226 e. The van der Waals surface area contributed by atoms with E-state index < -0.39 is 0 Å². The minimum atomic E-state index is -0.315. The molecule has 3 aromatic carbocycles. The summed E-state index contributed by atoms with van der Waals surface area (Å²) in [5.74, 6) is 1.95. The molecule has 8 nitrogen and oxygen atoms in total. The van der Waals surface area contributed by atoms with Crippen LogP contribution in [0.4, 0.5) is 5.95 Å². The van der Waals surface area contributed by atoms with Crippen LogP contribution in [0.15, 0.2) is 85.2 Å². The summed E-state index contributed by atoms with van der Waals surface area (Å²) in [4.78, 5) is 21.8. The molecule has 4 heterocycles. The number of aromatic nitrogens is 3. The third-order valence-electron chi connectivity index (χ3n) is 9.22. The van der Waals surface area contributed by atoms with Gasteiger partial charge in [-0.15, -0.1) is 0 Å². The number of unbranched alkanes of at least 4 members (excludes halogenated alkanes) is 1. The van der Waals surface area contributed by atoms with Crippen LogP contribution < -0.4 is 20.3 Å². The number of amides is 1. The number of nitrogens with zero attached hydrogens (tertiary/aromatic N) is 3. The monoisotopic (exact) mass is 614 g/mol. The van der Waals surface area contributed by atoms with E-state index in [1.807, 2.05) is 6.07 Å². The molecule has 3 N–H and O–H groups in total. The Bertz CT molecular complexity index is 1910. The van der Waals surface area contributed by atoms with Crippen LogP contribution in [0.3, 0.4) is 0 Å². The lowest BCUT2D eigenvalue weighted by Gasteiger charge is -2.30. The molecule has 0 fully saturated rings. The van der Waals surface area contributed by atoms with Gasteiger partial charge in [0.25, 0.3) is 0 Å². The van der Waals surface area contributed by atoms with Gasteiger partial charge in [-0.05, 0) is 49.1 Å². The molecular formula is C38H42N6O2. The molecule has 0 aliphatic carbocycles. The van der Waals surface area contributed by atoms with Crippen LogP contribution >= 0.6 is 0 Å². The number of ether oxygens (including phenoxy) is 1. The van der Waals surface area contributed by atoms with E-state index in [1.54, 1.807) is 18.0 Å². The number of anilines is 1. The first-order chi connectivity index (χ1) is 22.4. The highest BCUT2D eigenvalue weighted by molar-refractivity contribution is 5.93. The third-order valence-corrected chi connectivity index (χ3v) is 9.22. The second-order valence-electron chi connectivity index (χ2n) is 12.5. The molecule has 46 heavy (non-hydrogen) atoms. The van der Waals surface area contributed by atoms with E-state index in [0.29, 0.717) is 18.4 Å². The summed E-state index contributed by atoms with van der Waals surface area (Å²) < 4.78 is 9.16. The van der Waals surface area contributed by atoms with Gasteiger partial charge in [-0.2, -0.15) is 0 Å². The van der Waals surface area contributed by atoms with Crippen LogP contribution in [0.5, 0.6) is 5.75 Å². The van der Waals surface area contributed by atoms with Crippen molar-refractivity contribution in [1.29, 1.82) is 0 Å². The average Bonchev–Trinajstić information content (AvgIpc) is 3.85. The zero-order valence-corrected chi connectivity index (χ0v) is 27.0. The Hall–Kier alpha value is -4.98. The largest absolute Gasteiger partial charge is 0.465 e. The van der Waals surface area contributed by atoms with Gasteiger partial charge in [0.15, 0.2) is 0 Å². The molecule has 2 aliphatic rings. The number of H-pyrrole nitrogens is 1. The van der Waals surface area contributed by atoms with Crippen molar-refractivity contribution >= 4 is 28.5 Å². The van der Waals surface area contributed by atoms with E-state index in [4.69, 9.17) is 4.74 Å². The maximum absolute atomic E-state index is 12.2. The molecule has 3 atom stereocenters. The first kappa shape index (κ1) is 29.7. The Kier molecular flexibility index (Phi) is 8.03. The number of benzene rings is 3. The summed E-state index contributed by atoms with van der Waals surface area (Å²) >= 11 is 0. The van der Waals surface area contributed by atoms with Crippen molar-refractivity contribution < 1.29 is 9.53 Å². The Morgan fingerprint density at radius 2 is 1.85 bits per heavy atom. The molecule has 2 aliphatic heterocycles. The highest BCUT2D eigenvalue weighted by Gasteiger charge is 2.30. The lowest BCUT2D eigenvalue weighted by molar-refractivity contribution is -0.116. The third kappa shape index (κ3) is 5.42. The molecule has 8 heteroatoms. The summed E-state index contributed by atoms with van der Waals surface area (Å²) in [7, 11) is 0. The number of hydrogen-bond acceptors (Lipinski definition) is 5. The number of imidazole rings is 1. The maximum Gasteiger partial charge on any atom is 0.226 e. The number of carbonyl (C=O) groups excluding carboxylic acids is 1. The number of carbonyl (C=O) groups is 1. The molecule has 2 aromatic heterocycles. The number of rotatable bonds is 10. The highest BCUT2D eigenvalue weighted by atomic mass is 16.5. The van der Waals surface area contributed by atoms with Crippen molar-refractivity contribution in [2.45, 2.75) is 65.8 Å². The molecule has 5 aromatic rings. The van der Waals surface area contributed by atoms with Gasteiger partial charge < -0.3 is 24.9 Å². The predicted molar refractivity (Wildman–Crippen MR) is 185 cm³/mol. The Balaban J connectivity index is 1.25. The number of aromatic amines is 1. The fourth-order valence-electron chi connectivity index (χ4n) is 6.69. The normalized spacial score (nSPS) is 17.3. The van der Waals surface area contributed by atoms with E-state index in [0.717, 1.165) is 62.4 Å². The Labute approximate surface area is 270 Å². The molecule has 0 saturated carbocycles. The maximum atomic E-state index is 12.2. The quantitative estimate of drug-likeness (QED) is 0.148. The topological polar surface area (TPSA) is 87.2 Å². The molecule has 0 bridgehead atoms. The number of nitrogens with one attached hydrogen (secondary N) is 3. The van der Waals surface area contributed by atoms with Gasteiger partial charge in [0.1, 0.15) is 5.75 Å². The first-order valence-corrected chi connectivity index (χ1v) is 16.5. The SMILES string of the molecule is CCCCC(C)C1NC=C(c2ccc3c(c2)OC(c2ccccc2)n2c-3cc3cc(-c4cnc(N(CCC)C(C)=O)[nH]4)ccc32)N1. The minimum absolute atomic E-state index is 0.0234. The van der Waals surface area contributed by atoms with Crippen molar-refractivity contribution in [3.8, 4) is 28.3 Å². The lowest BCUT2D eigenvalue weighted by atomic mass is 10.0. The van der Waals surface area contributed by atoms with E-state index in [2.05, 4.69) is 119 Å². The number of hydrogen-bond donors (Lipinski definition) is 3. The summed E-state index contributed by atoms with van der Waals surface area (Å²) in [6.45, 7) is 8.80. The Morgan fingerprint density at radius 1 is 1.02 bits per heavy atom. The molecule has 0 radical (unpaired) electrons. The summed E-state index contributed by atoms with van der Waals surface area (Å²) in [5, 5.41) is 8.37. The molecule has 236 valence electrons. The van der Waals surface area contributed by atoms with E-state index in [9.17, 15) is 4.79 Å². The second kappa shape index (κ2) is 12.4. The predicted octanol–water partition coefficient (Wildman–Crippen LogP) is 8.04. The first-order valence-electron chi connectivity index (χ1n) is 16.5. The van der Waals surface area contributed by atoms with E-state index in [-0.39, 0.29) is 18.3 Å². The van der Waals surface area contributed by atoms with E-state index in [1.165, 1.54) is 19.3 Å². The van der Waals surface area contributed by atoms with Crippen LogP contribution in [0.25, 0.3) is 39.1 Å². The van der Waals surface area contributed by atoms with Crippen molar-refractivity contribution in [2.24, 2.45) is 5.92 Å². The fourth-order valence-corrected chi connectivity index (χ4v) is 6.69. The average molecular weight is 615 g/mol.